The van der Waals surface area contributed by atoms with Crippen molar-refractivity contribution in [3.8, 4) is 0 Å². The Hall–Kier alpha value is -0.380. The summed E-state index contributed by atoms with van der Waals surface area (Å²) in [6.07, 6.45) is 8.21. The van der Waals surface area contributed by atoms with Gasteiger partial charge in [-0.25, -0.2) is 0 Å². The van der Waals surface area contributed by atoms with E-state index in [2.05, 4.69) is 12.2 Å². The number of aliphatic hydroxyl groups is 1. The zero-order valence-electron chi connectivity index (χ0n) is 8.89. The molecule has 1 unspecified atom stereocenters. The molecule has 2 aliphatic carbocycles. The fraction of sp³-hybridized carbons (Fsp3) is 0.833. The molecule has 3 heteroatoms. The Morgan fingerprint density at radius 1 is 1.13 bits per heavy atom. The highest BCUT2D eigenvalue weighted by molar-refractivity contribution is 5.19. The van der Waals surface area contributed by atoms with Crippen molar-refractivity contribution in [2.45, 2.75) is 37.6 Å². The molecule has 1 aliphatic heterocycles. The quantitative estimate of drug-likeness (QED) is 0.717. The van der Waals surface area contributed by atoms with Gasteiger partial charge in [0.05, 0.1) is 18.8 Å². The Morgan fingerprint density at radius 3 is 2.27 bits per heavy atom. The van der Waals surface area contributed by atoms with Crippen molar-refractivity contribution in [2.75, 3.05) is 13.2 Å². The van der Waals surface area contributed by atoms with Gasteiger partial charge < -0.3 is 14.6 Å². The fourth-order valence-electron chi connectivity index (χ4n) is 3.22. The van der Waals surface area contributed by atoms with Crippen LogP contribution in [0.5, 0.6) is 0 Å². The minimum atomic E-state index is -0.491. The summed E-state index contributed by atoms with van der Waals surface area (Å²) in [5.41, 5.74) is -0.491. The van der Waals surface area contributed by atoms with Crippen LogP contribution in [0.2, 0.25) is 0 Å². The van der Waals surface area contributed by atoms with Crippen molar-refractivity contribution in [2.24, 2.45) is 11.8 Å². The number of hydrogen-bond acceptors (Lipinski definition) is 3. The number of hydrogen-bond donors (Lipinski definition) is 1. The van der Waals surface area contributed by atoms with Crippen LogP contribution in [0, 0.1) is 11.8 Å². The molecule has 3 atom stereocenters. The van der Waals surface area contributed by atoms with E-state index in [1.54, 1.807) is 0 Å². The van der Waals surface area contributed by atoms with E-state index < -0.39 is 5.60 Å². The van der Waals surface area contributed by atoms with E-state index in [9.17, 15) is 5.11 Å². The van der Waals surface area contributed by atoms with E-state index in [-0.39, 0.29) is 6.29 Å². The Bertz CT molecular complexity index is 254. The Morgan fingerprint density at radius 2 is 1.73 bits per heavy atom. The normalized spacial score (nSPS) is 44.3. The van der Waals surface area contributed by atoms with Gasteiger partial charge in [-0.15, -0.1) is 0 Å². The molecule has 84 valence electrons. The molecule has 0 aromatic carbocycles. The van der Waals surface area contributed by atoms with Crippen LogP contribution < -0.4 is 0 Å². The maximum Gasteiger partial charge on any atom is 0.157 e. The van der Waals surface area contributed by atoms with E-state index in [1.165, 1.54) is 0 Å². The maximum absolute atomic E-state index is 10.6. The first-order valence-electron chi connectivity index (χ1n) is 5.93. The summed E-state index contributed by atoms with van der Waals surface area (Å²) in [5.74, 6) is 0.757. The van der Waals surface area contributed by atoms with Crippen LogP contribution in [0.4, 0.5) is 0 Å². The summed E-state index contributed by atoms with van der Waals surface area (Å²) in [5, 5.41) is 10.6. The first-order valence-corrected chi connectivity index (χ1v) is 5.93. The molecule has 3 rings (SSSR count). The van der Waals surface area contributed by atoms with E-state index in [1.807, 2.05) is 0 Å². The molecule has 0 aromatic rings. The second-order valence-electron chi connectivity index (χ2n) is 4.88. The van der Waals surface area contributed by atoms with Crippen molar-refractivity contribution >= 4 is 0 Å². The predicted octanol–water partition coefficient (Wildman–Crippen LogP) is 1.47. The third-order valence-electron chi connectivity index (χ3n) is 4.12. The lowest BCUT2D eigenvalue weighted by Gasteiger charge is -2.29. The molecular formula is C12H18O3. The van der Waals surface area contributed by atoms with Crippen molar-refractivity contribution in [3.63, 3.8) is 0 Å². The highest BCUT2D eigenvalue weighted by atomic mass is 16.7. The second-order valence-corrected chi connectivity index (χ2v) is 4.88. The molecule has 0 spiro atoms. The van der Waals surface area contributed by atoms with E-state index in [0.717, 1.165) is 25.7 Å². The molecule has 3 nitrogen and oxygen atoms in total. The summed E-state index contributed by atoms with van der Waals surface area (Å²) in [6.45, 7) is 1.41. The Balaban J connectivity index is 1.58. The minimum Gasteiger partial charge on any atom is -0.389 e. The lowest BCUT2D eigenvalue weighted by atomic mass is 9.86. The highest BCUT2D eigenvalue weighted by Gasteiger charge is 2.49. The second kappa shape index (κ2) is 3.58. The minimum absolute atomic E-state index is 0.0750. The summed E-state index contributed by atoms with van der Waals surface area (Å²) in [7, 11) is 0. The molecule has 2 fully saturated rings. The Kier molecular flexibility index (Phi) is 2.34. The Labute approximate surface area is 90.1 Å². The van der Waals surface area contributed by atoms with Crippen LogP contribution in [0.15, 0.2) is 12.2 Å². The van der Waals surface area contributed by atoms with Gasteiger partial charge in [0.15, 0.2) is 6.29 Å². The summed E-state index contributed by atoms with van der Waals surface area (Å²) < 4.78 is 10.8. The van der Waals surface area contributed by atoms with Crippen LogP contribution in [-0.2, 0) is 9.47 Å². The molecule has 2 bridgehead atoms. The zero-order valence-corrected chi connectivity index (χ0v) is 8.89. The van der Waals surface area contributed by atoms with Gasteiger partial charge in [-0.1, -0.05) is 12.2 Å². The first kappa shape index (κ1) is 9.82. The van der Waals surface area contributed by atoms with Gasteiger partial charge in [0.1, 0.15) is 0 Å². The van der Waals surface area contributed by atoms with Crippen molar-refractivity contribution in [1.29, 1.82) is 0 Å². The molecule has 1 heterocycles. The first-order chi connectivity index (χ1) is 7.29. The van der Waals surface area contributed by atoms with Gasteiger partial charge in [-0.3, -0.25) is 0 Å². The monoisotopic (exact) mass is 210 g/mol. The van der Waals surface area contributed by atoms with Crippen LogP contribution in [0.1, 0.15) is 25.7 Å². The van der Waals surface area contributed by atoms with E-state index in [0.29, 0.717) is 25.0 Å². The number of ether oxygens (including phenoxy) is 2. The average Bonchev–Trinajstić information content (AvgIpc) is 2.93. The smallest absolute Gasteiger partial charge is 0.157 e. The van der Waals surface area contributed by atoms with Crippen molar-refractivity contribution in [1.82, 2.24) is 0 Å². The van der Waals surface area contributed by atoms with Gasteiger partial charge in [0.25, 0.3) is 0 Å². The van der Waals surface area contributed by atoms with E-state index in [4.69, 9.17) is 9.47 Å². The van der Waals surface area contributed by atoms with Crippen molar-refractivity contribution in [3.05, 3.63) is 12.2 Å². The lowest BCUT2D eigenvalue weighted by molar-refractivity contribution is -0.0758. The molecule has 1 saturated carbocycles. The van der Waals surface area contributed by atoms with E-state index >= 15 is 0 Å². The SMILES string of the molecule is OC1(CCC2OCCO2)[C@@H]2C=C[C@H]1CC2. The molecule has 1 saturated heterocycles. The zero-order chi connectivity index (χ0) is 10.3. The van der Waals surface area contributed by atoms with Crippen molar-refractivity contribution < 1.29 is 14.6 Å². The van der Waals surface area contributed by atoms with Gasteiger partial charge in [-0.05, 0) is 19.3 Å². The van der Waals surface area contributed by atoms with Crippen LogP contribution in [0.3, 0.4) is 0 Å². The molecular weight excluding hydrogens is 192 g/mol. The van der Waals surface area contributed by atoms with Crippen LogP contribution >= 0.6 is 0 Å². The topological polar surface area (TPSA) is 38.7 Å². The fourth-order valence-corrected chi connectivity index (χ4v) is 3.22. The molecule has 0 aromatic heterocycles. The van der Waals surface area contributed by atoms with Gasteiger partial charge in [0.2, 0.25) is 0 Å². The lowest BCUT2D eigenvalue weighted by Crippen LogP contribution is -2.36. The molecule has 15 heavy (non-hydrogen) atoms. The van der Waals surface area contributed by atoms with Crippen LogP contribution in [-0.4, -0.2) is 30.2 Å². The summed E-state index contributed by atoms with van der Waals surface area (Å²) in [4.78, 5) is 0. The number of rotatable bonds is 3. The maximum atomic E-state index is 10.6. The third-order valence-corrected chi connectivity index (χ3v) is 4.12. The van der Waals surface area contributed by atoms with Crippen LogP contribution in [0.25, 0.3) is 0 Å². The summed E-state index contributed by atoms with van der Waals surface area (Å²) >= 11 is 0. The number of fused-ring (bicyclic) bond motifs is 2. The molecule has 0 radical (unpaired) electrons. The summed E-state index contributed by atoms with van der Waals surface area (Å²) in [6, 6.07) is 0. The standard InChI is InChI=1S/C12H18O3/c13-12(6-5-11-14-7-8-15-11)9-1-2-10(12)4-3-9/h1-2,9-11,13H,3-8H2/t9-,10+,12?. The average molecular weight is 210 g/mol. The van der Waals surface area contributed by atoms with Gasteiger partial charge >= 0.3 is 0 Å². The van der Waals surface area contributed by atoms with Gasteiger partial charge in [0, 0.05) is 18.3 Å². The predicted molar refractivity (Wildman–Crippen MR) is 55.2 cm³/mol. The highest BCUT2D eigenvalue weighted by Crippen LogP contribution is 2.50. The van der Waals surface area contributed by atoms with Gasteiger partial charge in [-0.2, -0.15) is 0 Å². The molecule has 1 N–H and O–H groups in total. The third kappa shape index (κ3) is 1.53. The molecule has 0 amide bonds. The largest absolute Gasteiger partial charge is 0.389 e. The molecule has 3 aliphatic rings.